The van der Waals surface area contributed by atoms with Gasteiger partial charge in [0.2, 0.25) is 5.91 Å². The molecule has 4 amide bonds. The molecule has 4 rings (SSSR count). The second-order valence-electron chi connectivity index (χ2n) is 10.8. The molecule has 1 fully saturated rings. The average molecular weight is 498 g/mol. The molecule has 1 heterocycles. The Bertz CT molecular complexity index is 1250. The summed E-state index contributed by atoms with van der Waals surface area (Å²) in [6, 6.07) is 26.9. The first-order valence-electron chi connectivity index (χ1n) is 12.7. The average Bonchev–Trinajstić information content (AvgIpc) is 3.11. The maximum Gasteiger partial charge on any atom is 0.325 e. The monoisotopic (exact) mass is 497 g/mol. The summed E-state index contributed by atoms with van der Waals surface area (Å²) in [4.78, 5) is 42.6. The smallest absolute Gasteiger partial charge is 0.325 e. The van der Waals surface area contributed by atoms with Gasteiger partial charge in [0, 0.05) is 13.1 Å². The van der Waals surface area contributed by atoms with Crippen molar-refractivity contribution >= 4 is 17.8 Å². The lowest BCUT2D eigenvalue weighted by Gasteiger charge is -2.26. The van der Waals surface area contributed by atoms with Crippen LogP contribution in [0.1, 0.15) is 49.9 Å². The molecule has 0 bridgehead atoms. The van der Waals surface area contributed by atoms with Crippen LogP contribution in [0, 0.1) is 0 Å². The summed E-state index contributed by atoms with van der Waals surface area (Å²) in [7, 11) is 0. The van der Waals surface area contributed by atoms with E-state index in [0.717, 1.165) is 21.6 Å². The first-order valence-corrected chi connectivity index (χ1v) is 12.7. The van der Waals surface area contributed by atoms with Crippen molar-refractivity contribution in [3.05, 3.63) is 107 Å². The van der Waals surface area contributed by atoms with Gasteiger partial charge < -0.3 is 10.2 Å². The topological polar surface area (TPSA) is 69.7 Å². The minimum absolute atomic E-state index is 0.0250. The van der Waals surface area contributed by atoms with E-state index in [1.165, 1.54) is 0 Å². The summed E-state index contributed by atoms with van der Waals surface area (Å²) in [6.45, 7) is 8.65. The lowest BCUT2D eigenvalue weighted by Crippen LogP contribution is -2.45. The molecule has 6 nitrogen and oxygen atoms in total. The normalized spacial score (nSPS) is 17.6. The molecule has 0 spiro atoms. The summed E-state index contributed by atoms with van der Waals surface area (Å²) in [5, 5.41) is 2.82. The Hall–Kier alpha value is -3.93. The molecule has 0 aromatic heterocycles. The van der Waals surface area contributed by atoms with E-state index in [1.54, 1.807) is 11.8 Å². The zero-order chi connectivity index (χ0) is 26.6. The highest BCUT2D eigenvalue weighted by Crippen LogP contribution is 2.31. The summed E-state index contributed by atoms with van der Waals surface area (Å²) < 4.78 is 0. The Morgan fingerprint density at radius 2 is 1.43 bits per heavy atom. The number of nitrogens with zero attached hydrogens (tertiary/aromatic N) is 2. The molecular weight excluding hydrogens is 462 g/mol. The van der Waals surface area contributed by atoms with Crippen molar-refractivity contribution in [1.82, 2.24) is 15.1 Å². The van der Waals surface area contributed by atoms with E-state index in [-0.39, 0.29) is 17.9 Å². The number of carbonyl (C=O) groups excluding carboxylic acids is 3. The van der Waals surface area contributed by atoms with Crippen LogP contribution in [0.4, 0.5) is 4.79 Å². The van der Waals surface area contributed by atoms with Crippen LogP contribution in [0.25, 0.3) is 0 Å². The van der Waals surface area contributed by atoms with Gasteiger partial charge in [-0.3, -0.25) is 14.5 Å². The van der Waals surface area contributed by atoms with Gasteiger partial charge in [0.25, 0.3) is 5.91 Å². The highest BCUT2D eigenvalue weighted by Gasteiger charge is 2.49. The standard InChI is InChI=1S/C31H35N3O3/c1-30(2,3)25-15-17-26(18-16-25)31(4)28(36)34(29(37)32-31)22-27(35)33(21-24-13-9-6-10-14-24)20-19-23-11-7-5-8-12-23/h5-18H,19-22H2,1-4H3,(H,32,37). The third-order valence-electron chi connectivity index (χ3n) is 6.98. The molecule has 1 aliphatic heterocycles. The fourth-order valence-corrected chi connectivity index (χ4v) is 4.58. The quantitative estimate of drug-likeness (QED) is 0.444. The van der Waals surface area contributed by atoms with Crippen molar-refractivity contribution in [2.75, 3.05) is 13.1 Å². The number of benzene rings is 3. The Morgan fingerprint density at radius 3 is 2.00 bits per heavy atom. The number of hydrogen-bond acceptors (Lipinski definition) is 3. The second-order valence-corrected chi connectivity index (χ2v) is 10.8. The summed E-state index contributed by atoms with van der Waals surface area (Å²) in [5.74, 6) is -0.687. The van der Waals surface area contributed by atoms with E-state index in [2.05, 4.69) is 26.1 Å². The molecule has 0 saturated carbocycles. The predicted molar refractivity (Wildman–Crippen MR) is 145 cm³/mol. The molecule has 37 heavy (non-hydrogen) atoms. The Labute approximate surface area is 219 Å². The summed E-state index contributed by atoms with van der Waals surface area (Å²) in [6.07, 6.45) is 0.678. The van der Waals surface area contributed by atoms with Crippen LogP contribution in [0.2, 0.25) is 0 Å². The predicted octanol–water partition coefficient (Wildman–Crippen LogP) is 5.02. The summed E-state index contributed by atoms with van der Waals surface area (Å²) in [5.41, 5.74) is 2.70. The van der Waals surface area contributed by atoms with Crippen molar-refractivity contribution in [3.8, 4) is 0 Å². The largest absolute Gasteiger partial charge is 0.336 e. The van der Waals surface area contributed by atoms with Crippen LogP contribution < -0.4 is 5.32 Å². The molecule has 1 N–H and O–H groups in total. The van der Waals surface area contributed by atoms with E-state index in [0.29, 0.717) is 25.1 Å². The lowest BCUT2D eigenvalue weighted by atomic mass is 9.84. The molecule has 6 heteroatoms. The third-order valence-corrected chi connectivity index (χ3v) is 6.98. The van der Waals surface area contributed by atoms with Gasteiger partial charge in [0.1, 0.15) is 12.1 Å². The van der Waals surface area contributed by atoms with Gasteiger partial charge in [-0.25, -0.2) is 4.79 Å². The Balaban J connectivity index is 1.51. The Kier molecular flexibility index (Phi) is 7.48. The first kappa shape index (κ1) is 26.1. The van der Waals surface area contributed by atoms with E-state index in [9.17, 15) is 14.4 Å². The highest BCUT2D eigenvalue weighted by atomic mass is 16.2. The molecule has 1 aliphatic rings. The Morgan fingerprint density at radius 1 is 0.865 bits per heavy atom. The van der Waals surface area contributed by atoms with Gasteiger partial charge in [0.15, 0.2) is 0 Å². The van der Waals surface area contributed by atoms with Crippen LogP contribution in [0.3, 0.4) is 0 Å². The van der Waals surface area contributed by atoms with E-state index >= 15 is 0 Å². The van der Waals surface area contributed by atoms with Crippen LogP contribution >= 0.6 is 0 Å². The molecular formula is C31H35N3O3. The SMILES string of the molecule is CC(C)(C)c1ccc(C2(C)NC(=O)N(CC(=O)N(CCc3ccccc3)Cc3ccccc3)C2=O)cc1. The van der Waals surface area contributed by atoms with Crippen LogP contribution in [0.15, 0.2) is 84.9 Å². The number of nitrogens with one attached hydrogen (secondary N) is 1. The molecule has 3 aromatic rings. The maximum atomic E-state index is 13.5. The van der Waals surface area contributed by atoms with Crippen molar-refractivity contribution in [2.24, 2.45) is 0 Å². The fourth-order valence-electron chi connectivity index (χ4n) is 4.58. The first-order chi connectivity index (χ1) is 17.6. The van der Waals surface area contributed by atoms with Gasteiger partial charge in [-0.05, 0) is 41.0 Å². The minimum Gasteiger partial charge on any atom is -0.336 e. The number of rotatable bonds is 8. The number of hydrogen-bond donors (Lipinski definition) is 1. The number of amides is 4. The molecule has 192 valence electrons. The van der Waals surface area contributed by atoms with Gasteiger partial charge in [0.05, 0.1) is 0 Å². The second kappa shape index (κ2) is 10.6. The van der Waals surface area contributed by atoms with Crippen LogP contribution in [-0.4, -0.2) is 40.7 Å². The van der Waals surface area contributed by atoms with Gasteiger partial charge >= 0.3 is 6.03 Å². The van der Waals surface area contributed by atoms with Crippen LogP contribution in [0.5, 0.6) is 0 Å². The molecule has 3 aromatic carbocycles. The van der Waals surface area contributed by atoms with Crippen molar-refractivity contribution in [2.45, 2.75) is 51.6 Å². The van der Waals surface area contributed by atoms with Crippen LogP contribution in [-0.2, 0) is 33.5 Å². The molecule has 1 saturated heterocycles. The number of imide groups is 1. The fraction of sp³-hybridized carbons (Fsp3) is 0.323. The third kappa shape index (κ3) is 5.91. The minimum atomic E-state index is -1.22. The highest BCUT2D eigenvalue weighted by molar-refractivity contribution is 6.09. The molecule has 1 unspecified atom stereocenters. The molecule has 0 aliphatic carbocycles. The van der Waals surface area contributed by atoms with Gasteiger partial charge in [-0.15, -0.1) is 0 Å². The number of urea groups is 1. The molecule has 1 atom stereocenters. The van der Waals surface area contributed by atoms with E-state index < -0.39 is 17.5 Å². The zero-order valence-corrected chi connectivity index (χ0v) is 22.0. The zero-order valence-electron chi connectivity index (χ0n) is 22.0. The van der Waals surface area contributed by atoms with Gasteiger partial charge in [-0.1, -0.05) is 106 Å². The number of carbonyl (C=O) groups is 3. The van der Waals surface area contributed by atoms with Crippen molar-refractivity contribution in [1.29, 1.82) is 0 Å². The van der Waals surface area contributed by atoms with Crippen molar-refractivity contribution in [3.63, 3.8) is 0 Å². The lowest BCUT2D eigenvalue weighted by molar-refractivity contribution is -0.139. The maximum absolute atomic E-state index is 13.5. The van der Waals surface area contributed by atoms with Gasteiger partial charge in [-0.2, -0.15) is 0 Å². The van der Waals surface area contributed by atoms with E-state index in [1.807, 2.05) is 84.9 Å². The van der Waals surface area contributed by atoms with Crippen molar-refractivity contribution < 1.29 is 14.4 Å². The molecule has 0 radical (unpaired) electrons. The van der Waals surface area contributed by atoms with E-state index in [4.69, 9.17) is 0 Å². The summed E-state index contributed by atoms with van der Waals surface area (Å²) >= 11 is 0.